The standard InChI is InChI=1S/C8H22O7Si2/c1-7-13-17(12-6,14-8-2)15-16(9-3,10-4)11-5/h7-8H2,1-6H3. The minimum absolute atomic E-state index is 0.391. The first-order valence-electron chi connectivity index (χ1n) is 5.26. The molecule has 0 aliphatic carbocycles. The van der Waals surface area contributed by atoms with Crippen molar-refractivity contribution >= 4 is 18.1 Å². The summed E-state index contributed by atoms with van der Waals surface area (Å²) in [5.74, 6) is 0. The fraction of sp³-hybridized carbons (Fsp3) is 1.00. The lowest BCUT2D eigenvalue weighted by atomic mass is 10.9. The van der Waals surface area contributed by atoms with Gasteiger partial charge in [0.1, 0.15) is 0 Å². The largest absolute Gasteiger partial charge is 0.673 e. The third-order valence-electron chi connectivity index (χ3n) is 1.89. The average Bonchev–Trinajstić information content (AvgIpc) is 2.36. The van der Waals surface area contributed by atoms with Crippen LogP contribution in [0.3, 0.4) is 0 Å². The van der Waals surface area contributed by atoms with Gasteiger partial charge < -0.3 is 30.7 Å². The summed E-state index contributed by atoms with van der Waals surface area (Å²) < 4.78 is 37.2. The van der Waals surface area contributed by atoms with Crippen LogP contribution < -0.4 is 0 Å². The Morgan fingerprint density at radius 1 is 0.647 bits per heavy atom. The summed E-state index contributed by atoms with van der Waals surface area (Å²) in [6.45, 7) is 4.42. The Bertz CT molecular complexity index is 186. The van der Waals surface area contributed by atoms with Crippen LogP contribution in [0.1, 0.15) is 13.8 Å². The highest BCUT2D eigenvalue weighted by molar-refractivity contribution is 6.68. The molecule has 0 aromatic rings. The second kappa shape index (κ2) is 8.29. The van der Waals surface area contributed by atoms with Crippen molar-refractivity contribution in [2.45, 2.75) is 13.8 Å². The molecule has 0 aliphatic heterocycles. The second-order valence-corrected chi connectivity index (χ2v) is 7.81. The van der Waals surface area contributed by atoms with Gasteiger partial charge in [-0.1, -0.05) is 0 Å². The minimum Gasteiger partial charge on any atom is -0.355 e. The highest BCUT2D eigenvalue weighted by Crippen LogP contribution is 2.19. The highest BCUT2D eigenvalue weighted by Gasteiger charge is 2.57. The quantitative estimate of drug-likeness (QED) is 0.543. The van der Waals surface area contributed by atoms with Crippen LogP contribution in [0.4, 0.5) is 0 Å². The van der Waals surface area contributed by atoms with E-state index in [2.05, 4.69) is 0 Å². The molecule has 9 heteroatoms. The Hall–Kier alpha value is 0.154. The van der Waals surface area contributed by atoms with Crippen molar-refractivity contribution < 1.29 is 30.7 Å². The van der Waals surface area contributed by atoms with Crippen LogP contribution in [0, 0.1) is 0 Å². The molecule has 0 aromatic heterocycles. The number of hydrogen-bond donors (Lipinski definition) is 0. The van der Waals surface area contributed by atoms with E-state index in [1.165, 1.54) is 28.4 Å². The van der Waals surface area contributed by atoms with Gasteiger partial charge in [0.2, 0.25) is 0 Å². The zero-order valence-electron chi connectivity index (χ0n) is 11.3. The van der Waals surface area contributed by atoms with Crippen molar-refractivity contribution in [1.82, 2.24) is 0 Å². The molecule has 0 unspecified atom stereocenters. The van der Waals surface area contributed by atoms with Gasteiger partial charge in [-0.3, -0.25) is 0 Å². The summed E-state index contributed by atoms with van der Waals surface area (Å²) in [6, 6.07) is 0. The van der Waals surface area contributed by atoms with Crippen molar-refractivity contribution in [3.63, 3.8) is 0 Å². The summed E-state index contributed by atoms with van der Waals surface area (Å²) in [4.78, 5) is 0. The van der Waals surface area contributed by atoms with E-state index in [4.69, 9.17) is 30.7 Å². The number of rotatable bonds is 10. The van der Waals surface area contributed by atoms with E-state index in [-0.39, 0.29) is 0 Å². The Morgan fingerprint density at radius 3 is 1.24 bits per heavy atom. The van der Waals surface area contributed by atoms with Gasteiger partial charge in [-0.2, -0.15) is 0 Å². The summed E-state index contributed by atoms with van der Waals surface area (Å²) in [7, 11) is -0.777. The van der Waals surface area contributed by atoms with E-state index in [0.717, 1.165) is 0 Å². The van der Waals surface area contributed by atoms with Crippen LogP contribution in [-0.2, 0) is 30.7 Å². The van der Waals surface area contributed by atoms with Crippen molar-refractivity contribution in [2.24, 2.45) is 0 Å². The second-order valence-electron chi connectivity index (χ2n) is 2.78. The molecule has 0 saturated carbocycles. The molecule has 0 atom stereocenters. The van der Waals surface area contributed by atoms with Crippen molar-refractivity contribution in [3.8, 4) is 0 Å². The first-order chi connectivity index (χ1) is 8.07. The van der Waals surface area contributed by atoms with Gasteiger partial charge in [0.05, 0.1) is 0 Å². The number of hydrogen-bond acceptors (Lipinski definition) is 7. The third-order valence-corrected chi connectivity index (χ3v) is 7.18. The molecule has 0 saturated heterocycles. The molecule has 0 heterocycles. The zero-order valence-corrected chi connectivity index (χ0v) is 13.3. The molecule has 0 fully saturated rings. The van der Waals surface area contributed by atoms with Crippen LogP contribution in [-0.4, -0.2) is 59.7 Å². The lowest BCUT2D eigenvalue weighted by Crippen LogP contribution is -2.60. The van der Waals surface area contributed by atoms with Gasteiger partial charge in [0.25, 0.3) is 0 Å². The van der Waals surface area contributed by atoms with Crippen LogP contribution in [0.15, 0.2) is 0 Å². The molecule has 7 nitrogen and oxygen atoms in total. The SMILES string of the molecule is CCO[Si](OC)(OCC)O[Si](OC)(OC)OC. The van der Waals surface area contributed by atoms with E-state index < -0.39 is 18.1 Å². The van der Waals surface area contributed by atoms with E-state index in [9.17, 15) is 0 Å². The summed E-state index contributed by atoms with van der Waals surface area (Å²) in [5.41, 5.74) is 0. The summed E-state index contributed by atoms with van der Waals surface area (Å²) in [6.07, 6.45) is 0. The van der Waals surface area contributed by atoms with Crippen LogP contribution in [0.2, 0.25) is 0 Å². The van der Waals surface area contributed by atoms with Crippen LogP contribution >= 0.6 is 0 Å². The fourth-order valence-electron chi connectivity index (χ4n) is 1.14. The predicted octanol–water partition coefficient (Wildman–Crippen LogP) is 0.533. The Morgan fingerprint density at radius 2 is 1.00 bits per heavy atom. The Kier molecular flexibility index (Phi) is 8.36. The zero-order chi connectivity index (χ0) is 13.4. The summed E-state index contributed by atoms with van der Waals surface area (Å²) >= 11 is 0. The molecule has 17 heavy (non-hydrogen) atoms. The van der Waals surface area contributed by atoms with Gasteiger partial charge in [-0.15, -0.1) is 0 Å². The predicted molar refractivity (Wildman–Crippen MR) is 63.9 cm³/mol. The first-order valence-corrected chi connectivity index (χ1v) is 8.52. The molecular formula is C8H22O7Si2. The van der Waals surface area contributed by atoms with Crippen molar-refractivity contribution in [1.29, 1.82) is 0 Å². The molecule has 0 spiro atoms. The van der Waals surface area contributed by atoms with E-state index in [0.29, 0.717) is 13.2 Å². The molecule has 0 N–H and O–H groups in total. The maximum absolute atomic E-state index is 5.65. The molecule has 0 bridgehead atoms. The van der Waals surface area contributed by atoms with E-state index in [1.54, 1.807) is 0 Å². The Labute approximate surface area is 105 Å². The monoisotopic (exact) mass is 286 g/mol. The first kappa shape index (κ1) is 17.2. The van der Waals surface area contributed by atoms with Gasteiger partial charge in [-0.05, 0) is 13.8 Å². The lowest BCUT2D eigenvalue weighted by Gasteiger charge is -2.32. The van der Waals surface area contributed by atoms with Gasteiger partial charge in [0, 0.05) is 41.7 Å². The molecule has 0 aliphatic rings. The average molecular weight is 286 g/mol. The van der Waals surface area contributed by atoms with Crippen molar-refractivity contribution in [2.75, 3.05) is 41.7 Å². The minimum atomic E-state index is -3.28. The maximum atomic E-state index is 5.65. The van der Waals surface area contributed by atoms with E-state index in [1.807, 2.05) is 13.8 Å². The Balaban J connectivity index is 4.91. The molecule has 104 valence electrons. The van der Waals surface area contributed by atoms with Gasteiger partial charge in [0.15, 0.2) is 0 Å². The van der Waals surface area contributed by atoms with Gasteiger partial charge >= 0.3 is 18.1 Å². The van der Waals surface area contributed by atoms with Crippen molar-refractivity contribution in [3.05, 3.63) is 0 Å². The van der Waals surface area contributed by atoms with Gasteiger partial charge in [-0.25, -0.2) is 0 Å². The molecule has 0 aromatic carbocycles. The lowest BCUT2D eigenvalue weighted by molar-refractivity contribution is -0.0387. The van der Waals surface area contributed by atoms with Crippen LogP contribution in [0.25, 0.3) is 0 Å². The molecule has 0 amide bonds. The molecular weight excluding hydrogens is 264 g/mol. The normalized spacial score (nSPS) is 13.1. The topological polar surface area (TPSA) is 64.6 Å². The smallest absolute Gasteiger partial charge is 0.355 e. The maximum Gasteiger partial charge on any atom is 0.673 e. The van der Waals surface area contributed by atoms with Crippen LogP contribution in [0.5, 0.6) is 0 Å². The fourth-order valence-corrected chi connectivity index (χ4v) is 5.70. The highest BCUT2D eigenvalue weighted by atomic mass is 28.5. The molecule has 0 radical (unpaired) electrons. The third kappa shape index (κ3) is 4.73. The van der Waals surface area contributed by atoms with E-state index >= 15 is 0 Å². The molecule has 0 rings (SSSR count). The summed E-state index contributed by atoms with van der Waals surface area (Å²) in [5, 5.41) is 0.